The fourth-order valence-electron chi connectivity index (χ4n) is 3.64. The van der Waals surface area contributed by atoms with Crippen LogP contribution in [-0.2, 0) is 11.2 Å². The summed E-state index contributed by atoms with van der Waals surface area (Å²) in [5.74, 6) is 1.10. The van der Waals surface area contributed by atoms with Crippen LogP contribution in [0.1, 0.15) is 42.9 Å². The van der Waals surface area contributed by atoms with Crippen LogP contribution >= 0.6 is 0 Å². The van der Waals surface area contributed by atoms with Crippen LogP contribution in [0.4, 0.5) is 0 Å². The lowest BCUT2D eigenvalue weighted by molar-refractivity contribution is -0.119. The van der Waals surface area contributed by atoms with Crippen molar-refractivity contribution in [1.29, 1.82) is 0 Å². The van der Waals surface area contributed by atoms with Crippen molar-refractivity contribution in [3.63, 3.8) is 0 Å². The van der Waals surface area contributed by atoms with E-state index in [2.05, 4.69) is 49.2 Å². The Morgan fingerprint density at radius 2 is 2.04 bits per heavy atom. The van der Waals surface area contributed by atoms with Gasteiger partial charge in [-0.25, -0.2) is 0 Å². The first-order chi connectivity index (χ1) is 12.0. The molecule has 1 heterocycles. The normalized spacial score (nSPS) is 18.3. The highest BCUT2D eigenvalue weighted by molar-refractivity contribution is 5.80. The molecule has 1 aliphatic rings. The summed E-state index contributed by atoms with van der Waals surface area (Å²) < 4.78 is 0. The van der Waals surface area contributed by atoms with Gasteiger partial charge in [-0.05, 0) is 51.5 Å². The number of hydrogen-bond donors (Lipinski definition) is 2. The van der Waals surface area contributed by atoms with Gasteiger partial charge in [0.05, 0.1) is 0 Å². The molecule has 1 amide bonds. The van der Waals surface area contributed by atoms with Gasteiger partial charge in [-0.2, -0.15) is 0 Å². The third-order valence-corrected chi connectivity index (χ3v) is 4.59. The molecule has 5 nitrogen and oxygen atoms in total. The van der Waals surface area contributed by atoms with Crippen molar-refractivity contribution < 1.29 is 4.79 Å². The summed E-state index contributed by atoms with van der Waals surface area (Å²) in [4.78, 5) is 18.3. The van der Waals surface area contributed by atoms with Crippen LogP contribution in [0.3, 0.4) is 0 Å². The largest absolute Gasteiger partial charge is 0.370 e. The summed E-state index contributed by atoms with van der Waals surface area (Å²) in [7, 11) is 0. The van der Waals surface area contributed by atoms with Crippen molar-refractivity contribution in [2.45, 2.75) is 46.5 Å². The van der Waals surface area contributed by atoms with E-state index in [4.69, 9.17) is 10.7 Å². The quantitative estimate of drug-likeness (QED) is 0.615. The molecule has 1 atom stereocenters. The number of nitrogens with two attached hydrogens (primary N) is 1. The zero-order chi connectivity index (χ0) is 18.2. The molecule has 0 aliphatic carbocycles. The molecule has 0 spiro atoms. The number of benzene rings is 1. The van der Waals surface area contributed by atoms with Crippen molar-refractivity contribution in [1.82, 2.24) is 10.2 Å². The van der Waals surface area contributed by atoms with E-state index in [1.165, 1.54) is 16.7 Å². The minimum atomic E-state index is -0.205. The number of nitrogens with one attached hydrogen (secondary N) is 1. The van der Waals surface area contributed by atoms with Gasteiger partial charge < -0.3 is 16.0 Å². The van der Waals surface area contributed by atoms with Crippen molar-refractivity contribution in [2.24, 2.45) is 16.6 Å². The van der Waals surface area contributed by atoms with Crippen molar-refractivity contribution in [2.75, 3.05) is 26.2 Å². The van der Waals surface area contributed by atoms with Crippen molar-refractivity contribution in [3.05, 3.63) is 34.9 Å². The number of carbonyl (C=O) groups excluding carboxylic acids is 1. The Hall–Kier alpha value is -2.04. The number of hydrogen-bond acceptors (Lipinski definition) is 2. The average molecular weight is 345 g/mol. The second kappa shape index (κ2) is 9.44. The SMILES string of the molecule is CCNC(=NCCc1cc(C)cc(C)c1)N1CCCC(CC(N)=O)C1. The van der Waals surface area contributed by atoms with Gasteiger partial charge in [0.2, 0.25) is 5.91 Å². The molecule has 1 fully saturated rings. The Bertz CT molecular complexity index is 591. The van der Waals surface area contributed by atoms with Gasteiger partial charge in [-0.1, -0.05) is 29.3 Å². The van der Waals surface area contributed by atoms with E-state index in [1.54, 1.807) is 0 Å². The molecule has 0 saturated carbocycles. The molecule has 3 N–H and O–H groups in total. The third kappa shape index (κ3) is 6.40. The smallest absolute Gasteiger partial charge is 0.217 e. The molecule has 0 aromatic heterocycles. The number of aryl methyl sites for hydroxylation is 2. The highest BCUT2D eigenvalue weighted by atomic mass is 16.1. The fourth-order valence-corrected chi connectivity index (χ4v) is 3.64. The van der Waals surface area contributed by atoms with Gasteiger partial charge in [0.25, 0.3) is 0 Å². The summed E-state index contributed by atoms with van der Waals surface area (Å²) in [5, 5.41) is 3.39. The van der Waals surface area contributed by atoms with Gasteiger partial charge in [0.1, 0.15) is 0 Å². The maximum atomic E-state index is 11.2. The first kappa shape index (κ1) is 19.3. The predicted molar refractivity (Wildman–Crippen MR) is 104 cm³/mol. The molecule has 138 valence electrons. The molecule has 1 aliphatic heterocycles. The molecule has 1 aromatic carbocycles. The van der Waals surface area contributed by atoms with Gasteiger partial charge >= 0.3 is 0 Å². The number of amides is 1. The molecule has 2 rings (SSSR count). The number of piperidine rings is 1. The Morgan fingerprint density at radius 1 is 1.32 bits per heavy atom. The highest BCUT2D eigenvalue weighted by Crippen LogP contribution is 2.19. The molecule has 1 unspecified atom stereocenters. The molecule has 5 heteroatoms. The number of rotatable bonds is 6. The van der Waals surface area contributed by atoms with Crippen LogP contribution in [-0.4, -0.2) is 42.9 Å². The monoisotopic (exact) mass is 344 g/mol. The summed E-state index contributed by atoms with van der Waals surface area (Å²) in [6.07, 6.45) is 3.56. The minimum Gasteiger partial charge on any atom is -0.370 e. The van der Waals surface area contributed by atoms with Crippen molar-refractivity contribution >= 4 is 11.9 Å². The van der Waals surface area contributed by atoms with Gasteiger partial charge in [-0.3, -0.25) is 9.79 Å². The number of nitrogens with zero attached hydrogens (tertiary/aromatic N) is 2. The second-order valence-electron chi connectivity index (χ2n) is 7.11. The number of carbonyl (C=O) groups is 1. The lowest BCUT2D eigenvalue weighted by atomic mass is 9.95. The minimum absolute atomic E-state index is 0.205. The number of aliphatic imine (C=N–C) groups is 1. The molecular formula is C20H32N4O. The van der Waals surface area contributed by atoms with Gasteiger partial charge in [-0.15, -0.1) is 0 Å². The second-order valence-corrected chi connectivity index (χ2v) is 7.11. The Kier molecular flexibility index (Phi) is 7.29. The number of guanidine groups is 1. The highest BCUT2D eigenvalue weighted by Gasteiger charge is 2.23. The summed E-state index contributed by atoms with van der Waals surface area (Å²) >= 11 is 0. The summed E-state index contributed by atoms with van der Waals surface area (Å²) in [6, 6.07) is 6.67. The first-order valence-corrected chi connectivity index (χ1v) is 9.36. The molecule has 25 heavy (non-hydrogen) atoms. The van der Waals surface area contributed by atoms with Crippen LogP contribution in [0.25, 0.3) is 0 Å². The Labute approximate surface area is 151 Å². The standard InChI is InChI=1S/C20H32N4O/c1-4-22-20(24-9-5-6-18(14-24)13-19(21)25)23-8-7-17-11-15(2)10-16(3)12-17/h10-12,18H,4-9,13-14H2,1-3H3,(H2,21,25)(H,22,23). The van der Waals surface area contributed by atoms with Crippen LogP contribution < -0.4 is 11.1 Å². The topological polar surface area (TPSA) is 70.7 Å². The van der Waals surface area contributed by atoms with Crippen molar-refractivity contribution in [3.8, 4) is 0 Å². The van der Waals surface area contributed by atoms with Gasteiger partial charge in [0, 0.05) is 32.6 Å². The maximum Gasteiger partial charge on any atom is 0.217 e. The number of primary amides is 1. The van der Waals surface area contributed by atoms with E-state index in [1.807, 2.05) is 0 Å². The Morgan fingerprint density at radius 3 is 2.68 bits per heavy atom. The van der Waals surface area contributed by atoms with E-state index >= 15 is 0 Å². The van der Waals surface area contributed by atoms with E-state index < -0.39 is 0 Å². The summed E-state index contributed by atoms with van der Waals surface area (Å²) in [6.45, 7) is 9.82. The third-order valence-electron chi connectivity index (χ3n) is 4.59. The molecule has 1 saturated heterocycles. The van der Waals surface area contributed by atoms with E-state index in [0.717, 1.165) is 51.4 Å². The number of likely N-dealkylation sites (tertiary alicyclic amines) is 1. The predicted octanol–water partition coefficient (Wildman–Crippen LogP) is 2.40. The zero-order valence-electron chi connectivity index (χ0n) is 15.8. The summed E-state index contributed by atoms with van der Waals surface area (Å²) in [5.41, 5.74) is 9.31. The van der Waals surface area contributed by atoms with E-state index in [9.17, 15) is 4.79 Å². The first-order valence-electron chi connectivity index (χ1n) is 9.36. The lowest BCUT2D eigenvalue weighted by Crippen LogP contribution is -2.47. The average Bonchev–Trinajstić information content (AvgIpc) is 2.53. The van der Waals surface area contributed by atoms with Crippen LogP contribution in [0.2, 0.25) is 0 Å². The molecule has 0 bridgehead atoms. The van der Waals surface area contributed by atoms with Crippen LogP contribution in [0, 0.1) is 19.8 Å². The van der Waals surface area contributed by atoms with E-state index in [-0.39, 0.29) is 5.91 Å². The Balaban J connectivity index is 1.98. The van der Waals surface area contributed by atoms with E-state index in [0.29, 0.717) is 12.3 Å². The lowest BCUT2D eigenvalue weighted by Gasteiger charge is -2.34. The fraction of sp³-hybridized carbons (Fsp3) is 0.600. The molecular weight excluding hydrogens is 312 g/mol. The maximum absolute atomic E-state index is 11.2. The molecule has 1 aromatic rings. The van der Waals surface area contributed by atoms with Gasteiger partial charge in [0.15, 0.2) is 5.96 Å². The van der Waals surface area contributed by atoms with Crippen LogP contribution in [0.5, 0.6) is 0 Å². The zero-order valence-corrected chi connectivity index (χ0v) is 15.8. The van der Waals surface area contributed by atoms with Crippen LogP contribution in [0.15, 0.2) is 23.2 Å². The molecule has 0 radical (unpaired) electrons.